The number of fused-ring (bicyclic) bond motifs is 5. The molecule has 0 aromatic carbocycles. The molecule has 4 aliphatic carbocycles. The van der Waals surface area contributed by atoms with Gasteiger partial charge in [0.1, 0.15) is 11.2 Å². The van der Waals surface area contributed by atoms with Crippen LogP contribution in [0.25, 0.3) is 0 Å². The molecule has 38 heavy (non-hydrogen) atoms. The fraction of sp³-hybridized carbons (Fsp3) is 0.800. The lowest BCUT2D eigenvalue weighted by Crippen LogP contribution is -2.65. The van der Waals surface area contributed by atoms with Gasteiger partial charge in [-0.3, -0.25) is 9.59 Å². The van der Waals surface area contributed by atoms with Crippen LogP contribution in [0, 0.1) is 29.1 Å². The van der Waals surface area contributed by atoms with Crippen molar-refractivity contribution in [1.82, 2.24) is 0 Å². The monoisotopic (exact) mass is 536 g/mol. The van der Waals surface area contributed by atoms with Crippen molar-refractivity contribution in [3.8, 4) is 0 Å². The van der Waals surface area contributed by atoms with Gasteiger partial charge in [-0.15, -0.1) is 0 Å². The zero-order valence-electron chi connectivity index (χ0n) is 23.6. The molecular weight excluding hydrogens is 488 g/mol. The van der Waals surface area contributed by atoms with Crippen LogP contribution < -0.4 is 0 Å². The smallest absolute Gasteiger partial charge is 0.303 e. The Bertz CT molecular complexity index is 969. The molecule has 216 valence electrons. The zero-order valence-corrected chi connectivity index (χ0v) is 23.6. The number of aliphatic hydroxyl groups is 5. The lowest BCUT2D eigenvalue weighted by atomic mass is 9.59. The van der Waals surface area contributed by atoms with Crippen LogP contribution in [0.2, 0.25) is 0 Å². The van der Waals surface area contributed by atoms with Crippen molar-refractivity contribution in [3.63, 3.8) is 0 Å². The Kier molecular flexibility index (Phi) is 9.06. The molecule has 0 spiro atoms. The number of hydrogen-bond donors (Lipinski definition) is 6. The highest BCUT2D eigenvalue weighted by molar-refractivity contribution is 6.04. The number of aliphatic carboxylic acids is 1. The number of aliphatic hydroxyl groups excluding tert-OH is 2. The molecule has 4 aliphatic rings. The Balaban J connectivity index is 0.000000284. The van der Waals surface area contributed by atoms with E-state index in [4.69, 9.17) is 5.11 Å². The number of carboxylic acids is 1. The number of Topliss-reactive ketones (excluding diaryl/α,β-unsaturated/α-hetero) is 1. The molecule has 8 nitrogen and oxygen atoms in total. The van der Waals surface area contributed by atoms with Crippen molar-refractivity contribution in [1.29, 1.82) is 0 Å². The highest BCUT2D eigenvalue weighted by Gasteiger charge is 2.84. The maximum Gasteiger partial charge on any atom is 0.303 e. The normalized spacial score (nSPS) is 40.5. The molecule has 0 bridgehead atoms. The Morgan fingerprint density at radius 3 is 2.16 bits per heavy atom. The van der Waals surface area contributed by atoms with E-state index in [2.05, 4.69) is 6.92 Å². The topological polar surface area (TPSA) is 156 Å². The Hall–Kier alpha value is -1.58. The number of carbonyl (C=O) groups excluding carboxylic acids is 1. The molecule has 0 radical (unpaired) electrons. The quantitative estimate of drug-likeness (QED) is 0.194. The van der Waals surface area contributed by atoms with Crippen molar-refractivity contribution < 1.29 is 40.2 Å². The standard InChI is InChI=1S/C20H28O6.C10H20O2/c1-9-5-13-18(24,15(9)22)7-11(8-21)6-12-14-17(3,4)20(14,26)16(23)10(2)19(12,13)25;1-2-3-4-5-6-7-8-9-10(11)12/h5-6,10,12-14,16,21,23-26H,7-8H2,1-4H3;2-9H2,1H3,(H,11,12)/t10-,12+,13-,14-,16-,18+,19+,20+;/m1./s1. The summed E-state index contributed by atoms with van der Waals surface area (Å²) in [6, 6.07) is 0. The Morgan fingerprint density at radius 2 is 1.61 bits per heavy atom. The minimum absolute atomic E-state index is 0.0615. The highest BCUT2D eigenvalue weighted by atomic mass is 16.4. The number of carbonyl (C=O) groups is 2. The summed E-state index contributed by atoms with van der Waals surface area (Å²) in [6.45, 7) is 8.83. The van der Waals surface area contributed by atoms with Gasteiger partial charge in [0.2, 0.25) is 0 Å². The zero-order chi connectivity index (χ0) is 28.7. The molecule has 0 saturated heterocycles. The van der Waals surface area contributed by atoms with Crippen LogP contribution in [0.1, 0.15) is 92.4 Å². The van der Waals surface area contributed by atoms with Crippen molar-refractivity contribution in [3.05, 3.63) is 23.3 Å². The van der Waals surface area contributed by atoms with Crippen molar-refractivity contribution in [2.45, 2.75) is 115 Å². The summed E-state index contributed by atoms with van der Waals surface area (Å²) >= 11 is 0. The maximum absolute atomic E-state index is 12.7. The fourth-order valence-corrected chi connectivity index (χ4v) is 7.68. The number of rotatable bonds is 9. The summed E-state index contributed by atoms with van der Waals surface area (Å²) in [5, 5.41) is 63.3. The largest absolute Gasteiger partial charge is 0.481 e. The molecule has 8 heteroatoms. The minimum atomic E-state index is -1.84. The second-order valence-corrected chi connectivity index (χ2v) is 12.7. The molecule has 2 fully saturated rings. The third-order valence-electron chi connectivity index (χ3n) is 10.0. The van der Waals surface area contributed by atoms with E-state index in [-0.39, 0.29) is 13.0 Å². The number of carboxylic acid groups (broad SMARTS) is 1. The molecule has 6 N–H and O–H groups in total. The van der Waals surface area contributed by atoms with Crippen molar-refractivity contribution in [2.75, 3.05) is 6.61 Å². The summed E-state index contributed by atoms with van der Waals surface area (Å²) in [5.41, 5.74) is -4.57. The molecule has 8 atom stereocenters. The highest BCUT2D eigenvalue weighted by Crippen LogP contribution is 2.74. The second kappa shape index (κ2) is 11.1. The molecule has 4 rings (SSSR count). The molecule has 0 aromatic rings. The van der Waals surface area contributed by atoms with Gasteiger partial charge in [-0.1, -0.05) is 78.4 Å². The van der Waals surface area contributed by atoms with Gasteiger partial charge >= 0.3 is 5.97 Å². The average molecular weight is 537 g/mol. The van der Waals surface area contributed by atoms with Crippen LogP contribution in [-0.4, -0.2) is 71.9 Å². The Morgan fingerprint density at radius 1 is 1.03 bits per heavy atom. The molecular formula is C30H48O8. The van der Waals surface area contributed by atoms with E-state index in [1.165, 1.54) is 32.1 Å². The molecule has 0 unspecified atom stereocenters. The summed E-state index contributed by atoms with van der Waals surface area (Å²) in [6.07, 6.45) is 10.7. The first-order chi connectivity index (χ1) is 17.6. The third-order valence-corrected chi connectivity index (χ3v) is 10.0. The predicted molar refractivity (Wildman–Crippen MR) is 143 cm³/mol. The van der Waals surface area contributed by atoms with E-state index in [1.807, 2.05) is 13.8 Å². The van der Waals surface area contributed by atoms with E-state index >= 15 is 0 Å². The molecule has 0 amide bonds. The van der Waals surface area contributed by atoms with Crippen LogP contribution in [0.3, 0.4) is 0 Å². The lowest BCUT2D eigenvalue weighted by molar-refractivity contribution is -0.209. The van der Waals surface area contributed by atoms with Gasteiger partial charge in [-0.25, -0.2) is 0 Å². The van der Waals surface area contributed by atoms with Crippen molar-refractivity contribution >= 4 is 11.8 Å². The van der Waals surface area contributed by atoms with Crippen LogP contribution in [0.4, 0.5) is 0 Å². The first-order valence-corrected chi connectivity index (χ1v) is 14.3. The molecule has 0 aliphatic heterocycles. The summed E-state index contributed by atoms with van der Waals surface area (Å²) in [5.74, 6) is -3.80. The maximum atomic E-state index is 12.7. The third kappa shape index (κ3) is 4.81. The SMILES string of the molecule is CC1=C[C@H]2[C@]3(O)[C@H](C)[C@@H](O)[C@@]4(O)[C@H]([C@@H]3C=C(CO)C[C@@]2(O)C1=O)C4(C)C.CCCCCCCCCC(=O)O. The first-order valence-electron chi connectivity index (χ1n) is 14.3. The lowest BCUT2D eigenvalue weighted by Gasteiger charge is -2.51. The van der Waals surface area contributed by atoms with Crippen LogP contribution in [0.5, 0.6) is 0 Å². The summed E-state index contributed by atoms with van der Waals surface area (Å²) in [4.78, 5) is 22.8. The van der Waals surface area contributed by atoms with Crippen LogP contribution >= 0.6 is 0 Å². The minimum Gasteiger partial charge on any atom is -0.481 e. The predicted octanol–water partition coefficient (Wildman–Crippen LogP) is 3.14. The number of unbranched alkanes of at least 4 members (excludes halogenated alkanes) is 6. The second-order valence-electron chi connectivity index (χ2n) is 12.7. The van der Waals surface area contributed by atoms with E-state index in [0.717, 1.165) is 12.8 Å². The van der Waals surface area contributed by atoms with Gasteiger partial charge in [-0.2, -0.15) is 0 Å². The van der Waals surface area contributed by atoms with E-state index in [0.29, 0.717) is 17.6 Å². The van der Waals surface area contributed by atoms with Crippen molar-refractivity contribution in [2.24, 2.45) is 29.1 Å². The summed E-state index contributed by atoms with van der Waals surface area (Å²) in [7, 11) is 0. The number of ketones is 1. The first kappa shape index (κ1) is 31.0. The molecule has 0 aromatic heterocycles. The fourth-order valence-electron chi connectivity index (χ4n) is 7.68. The van der Waals surface area contributed by atoms with Gasteiger partial charge in [0.05, 0.1) is 18.3 Å². The molecule has 2 saturated carbocycles. The molecule has 0 heterocycles. The summed E-state index contributed by atoms with van der Waals surface area (Å²) < 4.78 is 0. The van der Waals surface area contributed by atoms with Crippen LogP contribution in [0.15, 0.2) is 23.3 Å². The van der Waals surface area contributed by atoms with Gasteiger partial charge < -0.3 is 30.6 Å². The van der Waals surface area contributed by atoms with E-state index in [9.17, 15) is 35.1 Å². The van der Waals surface area contributed by atoms with E-state index < -0.39 is 63.7 Å². The van der Waals surface area contributed by atoms with E-state index in [1.54, 1.807) is 26.0 Å². The van der Waals surface area contributed by atoms with Crippen LogP contribution in [-0.2, 0) is 9.59 Å². The van der Waals surface area contributed by atoms with Gasteiger partial charge in [0, 0.05) is 41.9 Å². The Labute approximate surface area is 226 Å². The number of hydrogen-bond acceptors (Lipinski definition) is 7. The van der Waals surface area contributed by atoms with Gasteiger partial charge in [0.25, 0.3) is 0 Å². The average Bonchev–Trinajstić information content (AvgIpc) is 3.26. The van der Waals surface area contributed by atoms with Gasteiger partial charge in [0.15, 0.2) is 5.78 Å². The van der Waals surface area contributed by atoms with Gasteiger partial charge in [-0.05, 0) is 24.5 Å².